The fourth-order valence-electron chi connectivity index (χ4n) is 1.52. The summed E-state index contributed by atoms with van der Waals surface area (Å²) in [4.78, 5) is 22.3. The average Bonchev–Trinajstić information content (AvgIpc) is 2.43. The molecule has 5 heteroatoms. The van der Waals surface area contributed by atoms with Crippen molar-refractivity contribution in [1.82, 2.24) is 0 Å². The minimum absolute atomic E-state index is 0.121. The monoisotopic (exact) mass is 388 g/mol. The van der Waals surface area contributed by atoms with E-state index in [1.165, 1.54) is 0 Å². The molecule has 0 aliphatic heterocycles. The maximum atomic E-state index is 11.2. The van der Waals surface area contributed by atoms with E-state index in [1.54, 1.807) is 6.92 Å². The molecule has 20 heavy (non-hydrogen) atoms. The van der Waals surface area contributed by atoms with Gasteiger partial charge in [-0.2, -0.15) is 0 Å². The normalized spacial score (nSPS) is 9.95. The minimum Gasteiger partial charge on any atom is -0.488 e. The van der Waals surface area contributed by atoms with Crippen LogP contribution in [0.2, 0.25) is 0 Å². The van der Waals surface area contributed by atoms with Crippen molar-refractivity contribution in [2.75, 3.05) is 13.2 Å². The van der Waals surface area contributed by atoms with Crippen LogP contribution >= 0.6 is 22.6 Å². The lowest BCUT2D eigenvalue weighted by Crippen LogP contribution is -2.13. The molecule has 0 saturated carbocycles. The fraction of sp³-hybridized carbons (Fsp3) is 0.333. The quantitative estimate of drug-likeness (QED) is 0.237. The first-order valence-corrected chi connectivity index (χ1v) is 7.30. The Hall–Kier alpha value is -1.37. The molecular weight excluding hydrogens is 371 g/mol. The summed E-state index contributed by atoms with van der Waals surface area (Å²) in [6.45, 7) is 7.41. The summed E-state index contributed by atoms with van der Waals surface area (Å²) < 4.78 is 11.3. The Morgan fingerprint density at radius 2 is 2.10 bits per heavy atom. The van der Waals surface area contributed by atoms with Crippen LogP contribution in [-0.2, 0) is 16.0 Å². The maximum Gasteiger partial charge on any atom is 0.333 e. The van der Waals surface area contributed by atoms with Gasteiger partial charge in [-0.05, 0) is 53.6 Å². The second-order valence-electron chi connectivity index (χ2n) is 4.23. The predicted molar refractivity (Wildman–Crippen MR) is 85.2 cm³/mol. The molecule has 108 valence electrons. The molecule has 1 aromatic rings. The highest BCUT2D eigenvalue weighted by atomic mass is 127. The topological polar surface area (TPSA) is 52.6 Å². The highest BCUT2D eigenvalue weighted by Gasteiger charge is 2.10. The average molecular weight is 388 g/mol. The zero-order valence-electron chi connectivity index (χ0n) is 11.6. The van der Waals surface area contributed by atoms with Crippen LogP contribution in [-0.4, -0.2) is 25.5 Å². The van der Waals surface area contributed by atoms with Crippen molar-refractivity contribution in [3.63, 3.8) is 0 Å². The van der Waals surface area contributed by atoms with Gasteiger partial charge in [0.25, 0.3) is 0 Å². The number of esters is 1. The van der Waals surface area contributed by atoms with Crippen LogP contribution in [0.4, 0.5) is 0 Å². The van der Waals surface area contributed by atoms with Gasteiger partial charge >= 0.3 is 5.97 Å². The van der Waals surface area contributed by atoms with Crippen LogP contribution in [0.15, 0.2) is 24.3 Å². The Labute approximate surface area is 132 Å². The number of benzene rings is 1. The molecule has 0 heterocycles. The van der Waals surface area contributed by atoms with Gasteiger partial charge in [0.1, 0.15) is 19.0 Å². The molecule has 0 aromatic heterocycles. The number of hydrogen-bond donors (Lipinski definition) is 0. The van der Waals surface area contributed by atoms with Crippen molar-refractivity contribution in [3.8, 4) is 5.75 Å². The van der Waals surface area contributed by atoms with Gasteiger partial charge in [-0.3, -0.25) is 4.79 Å². The standard InChI is InChI=1S/C15H17IO4/c1-4-11-7-12(9-17)14(13(16)8-11)19-5-6-20-15(18)10(2)3/h7-9H,2,4-6H2,1,3H3. The molecule has 0 unspecified atom stereocenters. The molecule has 0 atom stereocenters. The van der Waals surface area contributed by atoms with Gasteiger partial charge in [0.05, 0.1) is 9.13 Å². The van der Waals surface area contributed by atoms with Crippen LogP contribution in [0.5, 0.6) is 5.75 Å². The van der Waals surface area contributed by atoms with E-state index >= 15 is 0 Å². The molecule has 1 rings (SSSR count). The molecular formula is C15H17IO4. The first-order chi connectivity index (χ1) is 9.49. The van der Waals surface area contributed by atoms with Crippen LogP contribution in [0.1, 0.15) is 29.8 Å². The number of carbonyl (C=O) groups excluding carboxylic acids is 2. The Morgan fingerprint density at radius 1 is 1.40 bits per heavy atom. The number of aldehydes is 1. The highest BCUT2D eigenvalue weighted by molar-refractivity contribution is 14.1. The Morgan fingerprint density at radius 3 is 2.65 bits per heavy atom. The number of carbonyl (C=O) groups is 2. The number of rotatable bonds is 7. The van der Waals surface area contributed by atoms with Gasteiger partial charge in [-0.15, -0.1) is 0 Å². The zero-order valence-corrected chi connectivity index (χ0v) is 13.7. The third kappa shape index (κ3) is 4.63. The van der Waals surface area contributed by atoms with Crippen LogP contribution in [0, 0.1) is 3.57 Å². The zero-order chi connectivity index (χ0) is 15.1. The lowest BCUT2D eigenvalue weighted by molar-refractivity contribution is -0.139. The Kier molecular flexibility index (Phi) is 6.70. The summed E-state index contributed by atoms with van der Waals surface area (Å²) in [5.41, 5.74) is 1.94. The molecule has 0 bridgehead atoms. The van der Waals surface area contributed by atoms with Crippen molar-refractivity contribution in [2.24, 2.45) is 0 Å². The third-order valence-electron chi connectivity index (χ3n) is 2.58. The van der Waals surface area contributed by atoms with Crippen LogP contribution in [0.3, 0.4) is 0 Å². The van der Waals surface area contributed by atoms with E-state index < -0.39 is 5.97 Å². The van der Waals surface area contributed by atoms with E-state index in [4.69, 9.17) is 9.47 Å². The summed E-state index contributed by atoms with van der Waals surface area (Å²) >= 11 is 2.13. The van der Waals surface area contributed by atoms with Crippen molar-refractivity contribution in [3.05, 3.63) is 39.0 Å². The van der Waals surface area contributed by atoms with Crippen LogP contribution in [0.25, 0.3) is 0 Å². The molecule has 0 amide bonds. The van der Waals surface area contributed by atoms with Crippen LogP contribution < -0.4 is 4.74 Å². The number of ether oxygens (including phenoxy) is 2. The summed E-state index contributed by atoms with van der Waals surface area (Å²) in [7, 11) is 0. The molecule has 0 aliphatic rings. The first-order valence-electron chi connectivity index (χ1n) is 6.22. The van der Waals surface area contributed by atoms with Gasteiger partial charge in [0, 0.05) is 5.57 Å². The Balaban J connectivity index is 2.66. The molecule has 0 spiro atoms. The van der Waals surface area contributed by atoms with Crippen molar-refractivity contribution >= 4 is 34.8 Å². The minimum atomic E-state index is -0.444. The second-order valence-corrected chi connectivity index (χ2v) is 5.39. The lowest BCUT2D eigenvalue weighted by atomic mass is 10.1. The van der Waals surface area contributed by atoms with E-state index in [1.807, 2.05) is 19.1 Å². The smallest absolute Gasteiger partial charge is 0.333 e. The summed E-state index contributed by atoms with van der Waals surface area (Å²) in [5.74, 6) is 0.0874. The molecule has 0 N–H and O–H groups in total. The fourth-order valence-corrected chi connectivity index (χ4v) is 2.39. The second kappa shape index (κ2) is 8.04. The van der Waals surface area contributed by atoms with E-state index in [9.17, 15) is 9.59 Å². The SMILES string of the molecule is C=C(C)C(=O)OCCOc1c(I)cc(CC)cc1C=O. The molecule has 1 aromatic carbocycles. The molecule has 0 radical (unpaired) electrons. The predicted octanol–water partition coefficient (Wildman–Crippen LogP) is 3.16. The Bertz CT molecular complexity index is 523. The third-order valence-corrected chi connectivity index (χ3v) is 3.38. The molecule has 0 saturated heterocycles. The number of halogens is 1. The molecule has 0 fully saturated rings. The summed E-state index contributed by atoms with van der Waals surface area (Å²) in [6.07, 6.45) is 1.63. The summed E-state index contributed by atoms with van der Waals surface area (Å²) in [6, 6.07) is 3.78. The maximum absolute atomic E-state index is 11.2. The van der Waals surface area contributed by atoms with Gasteiger partial charge in [-0.1, -0.05) is 13.5 Å². The van der Waals surface area contributed by atoms with Crippen molar-refractivity contribution < 1.29 is 19.1 Å². The summed E-state index contributed by atoms with van der Waals surface area (Å²) in [5, 5.41) is 0. The molecule has 0 aliphatic carbocycles. The molecule has 4 nitrogen and oxygen atoms in total. The van der Waals surface area contributed by atoms with Gasteiger partial charge in [0.15, 0.2) is 6.29 Å². The number of aryl methyl sites for hydroxylation is 1. The first kappa shape index (κ1) is 16.7. The largest absolute Gasteiger partial charge is 0.488 e. The highest BCUT2D eigenvalue weighted by Crippen LogP contribution is 2.26. The van der Waals surface area contributed by atoms with E-state index in [0.717, 1.165) is 21.8 Å². The van der Waals surface area contributed by atoms with Crippen molar-refractivity contribution in [2.45, 2.75) is 20.3 Å². The van der Waals surface area contributed by atoms with E-state index in [2.05, 4.69) is 29.2 Å². The van der Waals surface area contributed by atoms with E-state index in [-0.39, 0.29) is 13.2 Å². The van der Waals surface area contributed by atoms with Gasteiger partial charge < -0.3 is 9.47 Å². The van der Waals surface area contributed by atoms with Crippen molar-refractivity contribution in [1.29, 1.82) is 0 Å². The number of hydrogen-bond acceptors (Lipinski definition) is 4. The van der Waals surface area contributed by atoms with Gasteiger partial charge in [-0.25, -0.2) is 4.79 Å². The van der Waals surface area contributed by atoms with Gasteiger partial charge in [0.2, 0.25) is 0 Å². The van der Waals surface area contributed by atoms with E-state index in [0.29, 0.717) is 16.9 Å². The lowest BCUT2D eigenvalue weighted by Gasteiger charge is -2.12.